The molecule has 1 aromatic carbocycles. The Labute approximate surface area is 104 Å². The van der Waals surface area contributed by atoms with Gasteiger partial charge in [0.05, 0.1) is 0 Å². The lowest BCUT2D eigenvalue weighted by atomic mass is 10.1. The molecule has 0 unspecified atom stereocenters. The highest BCUT2D eigenvalue weighted by Crippen LogP contribution is 2.18. The van der Waals surface area contributed by atoms with E-state index < -0.39 is 0 Å². The van der Waals surface area contributed by atoms with E-state index in [1.165, 1.54) is 30.9 Å². The second-order valence-electron chi connectivity index (χ2n) is 4.86. The molecule has 0 bridgehead atoms. The summed E-state index contributed by atoms with van der Waals surface area (Å²) in [7, 11) is 4.23. The van der Waals surface area contributed by atoms with Crippen LogP contribution in [-0.2, 0) is 6.42 Å². The number of benzene rings is 1. The van der Waals surface area contributed by atoms with Crippen LogP contribution in [0.1, 0.15) is 5.56 Å². The van der Waals surface area contributed by atoms with Gasteiger partial charge in [0.25, 0.3) is 0 Å². The van der Waals surface area contributed by atoms with Crippen molar-refractivity contribution in [1.29, 1.82) is 0 Å². The molecule has 94 valence electrons. The van der Waals surface area contributed by atoms with Crippen LogP contribution in [0.25, 0.3) is 0 Å². The summed E-state index contributed by atoms with van der Waals surface area (Å²) in [5.41, 5.74) is 2.80. The molecule has 1 aliphatic heterocycles. The van der Waals surface area contributed by atoms with Crippen LogP contribution in [0.15, 0.2) is 24.3 Å². The number of hydrogen-bond donors (Lipinski definition) is 1. The molecule has 2 rings (SSSR count). The van der Waals surface area contributed by atoms with E-state index in [9.17, 15) is 0 Å². The molecule has 3 heteroatoms. The lowest BCUT2D eigenvalue weighted by Crippen LogP contribution is -2.44. The Morgan fingerprint density at radius 3 is 2.59 bits per heavy atom. The van der Waals surface area contributed by atoms with Crippen molar-refractivity contribution >= 4 is 5.69 Å². The van der Waals surface area contributed by atoms with E-state index in [2.05, 4.69) is 53.5 Å². The molecular formula is C14H23N3. The third-order valence-electron chi connectivity index (χ3n) is 3.38. The van der Waals surface area contributed by atoms with Gasteiger partial charge in [-0.1, -0.05) is 18.2 Å². The molecule has 1 saturated heterocycles. The molecule has 0 aromatic heterocycles. The van der Waals surface area contributed by atoms with Gasteiger partial charge >= 0.3 is 0 Å². The van der Waals surface area contributed by atoms with Crippen molar-refractivity contribution in [3.63, 3.8) is 0 Å². The quantitative estimate of drug-likeness (QED) is 0.843. The van der Waals surface area contributed by atoms with Gasteiger partial charge in [-0.15, -0.1) is 0 Å². The summed E-state index contributed by atoms with van der Waals surface area (Å²) in [6, 6.07) is 8.70. The predicted octanol–water partition coefficient (Wildman–Crippen LogP) is 1.20. The first kappa shape index (κ1) is 12.4. The molecule has 0 aliphatic carbocycles. The Bertz CT molecular complexity index is 343. The summed E-state index contributed by atoms with van der Waals surface area (Å²) in [6.07, 6.45) is 1.15. The molecule has 0 spiro atoms. The van der Waals surface area contributed by atoms with E-state index in [-0.39, 0.29) is 0 Å². The van der Waals surface area contributed by atoms with Crippen LogP contribution in [0, 0.1) is 0 Å². The van der Waals surface area contributed by atoms with Crippen molar-refractivity contribution < 1.29 is 0 Å². The van der Waals surface area contributed by atoms with Gasteiger partial charge in [0.1, 0.15) is 0 Å². The van der Waals surface area contributed by atoms with Crippen LogP contribution >= 0.6 is 0 Å². The van der Waals surface area contributed by atoms with Gasteiger partial charge in [-0.2, -0.15) is 0 Å². The summed E-state index contributed by atoms with van der Waals surface area (Å²) in [4.78, 5) is 4.75. The summed E-state index contributed by atoms with van der Waals surface area (Å²) >= 11 is 0. The van der Waals surface area contributed by atoms with Crippen LogP contribution in [-0.4, -0.2) is 51.7 Å². The Morgan fingerprint density at radius 2 is 1.88 bits per heavy atom. The Kier molecular flexibility index (Phi) is 4.40. The van der Waals surface area contributed by atoms with Crippen molar-refractivity contribution in [2.75, 3.05) is 51.7 Å². The smallest absolute Gasteiger partial charge is 0.0394 e. The molecule has 17 heavy (non-hydrogen) atoms. The predicted molar refractivity (Wildman–Crippen MR) is 73.8 cm³/mol. The number of nitrogens with zero attached hydrogens (tertiary/aromatic N) is 2. The van der Waals surface area contributed by atoms with Crippen molar-refractivity contribution in [1.82, 2.24) is 10.2 Å². The molecule has 1 aromatic rings. The first-order valence-electron chi connectivity index (χ1n) is 6.45. The normalized spacial score (nSPS) is 17.1. The molecule has 3 nitrogen and oxygen atoms in total. The zero-order chi connectivity index (χ0) is 12.1. The summed E-state index contributed by atoms with van der Waals surface area (Å²) in [5.74, 6) is 0. The molecule has 0 atom stereocenters. The van der Waals surface area contributed by atoms with Gasteiger partial charge in [0.15, 0.2) is 0 Å². The van der Waals surface area contributed by atoms with E-state index in [1.54, 1.807) is 0 Å². The summed E-state index contributed by atoms with van der Waals surface area (Å²) < 4.78 is 0. The van der Waals surface area contributed by atoms with Gasteiger partial charge in [0, 0.05) is 52.5 Å². The maximum Gasteiger partial charge on any atom is 0.0394 e. The second-order valence-corrected chi connectivity index (χ2v) is 4.86. The maximum atomic E-state index is 3.39. The number of hydrogen-bond acceptors (Lipinski definition) is 3. The standard InChI is InChI=1S/C14H23N3/c1-16(2)14-6-4-3-5-13(14)7-10-17-11-8-15-9-12-17/h3-6,15H,7-12H2,1-2H3. The van der Waals surface area contributed by atoms with Crippen molar-refractivity contribution in [3.05, 3.63) is 29.8 Å². The largest absolute Gasteiger partial charge is 0.377 e. The average Bonchev–Trinajstić information content (AvgIpc) is 2.38. The third kappa shape index (κ3) is 3.45. The monoisotopic (exact) mass is 233 g/mol. The minimum atomic E-state index is 1.13. The van der Waals surface area contributed by atoms with Gasteiger partial charge in [-0.25, -0.2) is 0 Å². The molecular weight excluding hydrogens is 210 g/mol. The highest BCUT2D eigenvalue weighted by molar-refractivity contribution is 5.52. The fourth-order valence-electron chi connectivity index (χ4n) is 2.37. The van der Waals surface area contributed by atoms with Crippen molar-refractivity contribution in [3.8, 4) is 0 Å². The van der Waals surface area contributed by atoms with E-state index in [0.717, 1.165) is 19.5 Å². The molecule has 0 amide bonds. The van der Waals surface area contributed by atoms with E-state index in [4.69, 9.17) is 0 Å². The van der Waals surface area contributed by atoms with E-state index >= 15 is 0 Å². The fourth-order valence-corrected chi connectivity index (χ4v) is 2.37. The van der Waals surface area contributed by atoms with E-state index in [1.807, 2.05) is 0 Å². The Hall–Kier alpha value is -1.06. The average molecular weight is 233 g/mol. The Balaban J connectivity index is 1.93. The molecule has 0 radical (unpaired) electrons. The van der Waals surface area contributed by atoms with Crippen molar-refractivity contribution in [2.24, 2.45) is 0 Å². The molecule has 1 fully saturated rings. The fraction of sp³-hybridized carbons (Fsp3) is 0.571. The van der Waals surface area contributed by atoms with Gasteiger partial charge in [-0.05, 0) is 18.1 Å². The molecule has 1 N–H and O–H groups in total. The van der Waals surface area contributed by atoms with Crippen molar-refractivity contribution in [2.45, 2.75) is 6.42 Å². The first-order valence-corrected chi connectivity index (χ1v) is 6.45. The van der Waals surface area contributed by atoms with E-state index in [0.29, 0.717) is 0 Å². The zero-order valence-electron chi connectivity index (χ0n) is 10.9. The van der Waals surface area contributed by atoms with Crippen LogP contribution in [0.3, 0.4) is 0 Å². The number of nitrogens with one attached hydrogen (secondary N) is 1. The number of para-hydroxylation sites is 1. The zero-order valence-corrected chi connectivity index (χ0v) is 10.9. The van der Waals surface area contributed by atoms with Crippen LogP contribution in [0.5, 0.6) is 0 Å². The van der Waals surface area contributed by atoms with Crippen LogP contribution < -0.4 is 10.2 Å². The van der Waals surface area contributed by atoms with Gasteiger partial charge in [-0.3, -0.25) is 0 Å². The highest BCUT2D eigenvalue weighted by atomic mass is 15.2. The number of piperazine rings is 1. The topological polar surface area (TPSA) is 18.5 Å². The van der Waals surface area contributed by atoms with Crippen LogP contribution in [0.2, 0.25) is 0 Å². The minimum Gasteiger partial charge on any atom is -0.377 e. The van der Waals surface area contributed by atoms with Gasteiger partial charge < -0.3 is 15.1 Å². The Morgan fingerprint density at radius 1 is 1.18 bits per heavy atom. The molecule has 1 aliphatic rings. The maximum absolute atomic E-state index is 3.39. The second kappa shape index (κ2) is 6.03. The first-order chi connectivity index (χ1) is 8.27. The summed E-state index contributed by atoms with van der Waals surface area (Å²) in [5, 5.41) is 3.39. The number of rotatable bonds is 4. The highest BCUT2D eigenvalue weighted by Gasteiger charge is 2.10. The molecule has 0 saturated carbocycles. The summed E-state index contributed by atoms with van der Waals surface area (Å²) in [6.45, 7) is 5.81. The number of anilines is 1. The lowest BCUT2D eigenvalue weighted by molar-refractivity contribution is 0.244. The van der Waals surface area contributed by atoms with Gasteiger partial charge in [0.2, 0.25) is 0 Å². The SMILES string of the molecule is CN(C)c1ccccc1CCN1CCNCC1. The van der Waals surface area contributed by atoms with Crippen LogP contribution in [0.4, 0.5) is 5.69 Å². The minimum absolute atomic E-state index is 1.13. The third-order valence-corrected chi connectivity index (χ3v) is 3.38. The molecule has 1 heterocycles. The lowest BCUT2D eigenvalue weighted by Gasteiger charge is -2.27.